The molecule has 1 amide bonds. The predicted octanol–water partition coefficient (Wildman–Crippen LogP) is 1.89. The Balaban J connectivity index is 1.63. The third-order valence-electron chi connectivity index (χ3n) is 2.78. The van der Waals surface area contributed by atoms with Crippen molar-refractivity contribution in [2.45, 2.75) is 19.4 Å². The zero-order valence-corrected chi connectivity index (χ0v) is 9.52. The first kappa shape index (κ1) is 11.6. The lowest BCUT2D eigenvalue weighted by Crippen LogP contribution is -2.36. The van der Waals surface area contributed by atoms with Crippen LogP contribution in [0.4, 0.5) is 4.79 Å². The van der Waals surface area contributed by atoms with Gasteiger partial charge in [0.05, 0.1) is 0 Å². The summed E-state index contributed by atoms with van der Waals surface area (Å²) >= 11 is 0. The van der Waals surface area contributed by atoms with Crippen LogP contribution in [-0.2, 0) is 16.1 Å². The molecular formula is C13H15NO3. The monoisotopic (exact) mass is 233 g/mol. The summed E-state index contributed by atoms with van der Waals surface area (Å²) in [6.45, 7) is 0.801. The number of rotatable bonds is 4. The highest BCUT2D eigenvalue weighted by atomic mass is 16.5. The maximum atomic E-state index is 11.3. The van der Waals surface area contributed by atoms with Crippen LogP contribution in [0, 0.1) is 5.92 Å². The van der Waals surface area contributed by atoms with E-state index in [1.807, 2.05) is 30.3 Å². The molecule has 1 aromatic carbocycles. The minimum Gasteiger partial charge on any atom is -0.445 e. The Morgan fingerprint density at radius 3 is 2.65 bits per heavy atom. The van der Waals surface area contributed by atoms with E-state index in [1.165, 1.54) is 0 Å². The van der Waals surface area contributed by atoms with Gasteiger partial charge in [0, 0.05) is 19.4 Å². The normalized spacial score (nSPS) is 15.2. The second-order valence-corrected chi connectivity index (χ2v) is 4.26. The standard InChI is InChI=1S/C13H15NO3/c15-12-6-11(7-12)8-14-13(16)17-9-10-4-2-1-3-5-10/h1-5,11H,6-9H2,(H,14,16). The van der Waals surface area contributed by atoms with Gasteiger partial charge in [0.15, 0.2) is 0 Å². The van der Waals surface area contributed by atoms with Crippen LogP contribution < -0.4 is 5.32 Å². The van der Waals surface area contributed by atoms with Crippen molar-refractivity contribution in [3.05, 3.63) is 35.9 Å². The van der Waals surface area contributed by atoms with Crippen molar-refractivity contribution in [2.24, 2.45) is 5.92 Å². The highest BCUT2D eigenvalue weighted by Crippen LogP contribution is 2.21. The molecule has 0 bridgehead atoms. The van der Waals surface area contributed by atoms with Crippen LogP contribution in [0.15, 0.2) is 30.3 Å². The van der Waals surface area contributed by atoms with Gasteiger partial charge in [-0.25, -0.2) is 4.79 Å². The van der Waals surface area contributed by atoms with Gasteiger partial charge in [-0.2, -0.15) is 0 Å². The number of hydrogen-bond donors (Lipinski definition) is 1. The molecule has 4 nitrogen and oxygen atoms in total. The largest absolute Gasteiger partial charge is 0.445 e. The van der Waals surface area contributed by atoms with Crippen molar-refractivity contribution >= 4 is 11.9 Å². The van der Waals surface area contributed by atoms with Crippen molar-refractivity contribution in [2.75, 3.05) is 6.54 Å². The lowest BCUT2D eigenvalue weighted by molar-refractivity contribution is -0.126. The fraction of sp³-hybridized carbons (Fsp3) is 0.385. The van der Waals surface area contributed by atoms with Gasteiger partial charge in [-0.15, -0.1) is 0 Å². The molecular weight excluding hydrogens is 218 g/mol. The number of ketones is 1. The Bertz CT molecular complexity index is 394. The number of ether oxygens (including phenoxy) is 1. The van der Waals surface area contributed by atoms with Crippen LogP contribution >= 0.6 is 0 Å². The Hall–Kier alpha value is -1.84. The van der Waals surface area contributed by atoms with Gasteiger partial charge in [0.2, 0.25) is 0 Å². The maximum absolute atomic E-state index is 11.3. The molecule has 0 spiro atoms. The summed E-state index contributed by atoms with van der Waals surface area (Å²) < 4.78 is 5.04. The molecule has 1 aromatic rings. The molecule has 0 aromatic heterocycles. The van der Waals surface area contributed by atoms with E-state index in [9.17, 15) is 9.59 Å². The topological polar surface area (TPSA) is 55.4 Å². The van der Waals surface area contributed by atoms with Gasteiger partial charge in [0.1, 0.15) is 12.4 Å². The first-order valence-corrected chi connectivity index (χ1v) is 5.70. The smallest absolute Gasteiger partial charge is 0.407 e. The third kappa shape index (κ3) is 3.59. The van der Waals surface area contributed by atoms with E-state index >= 15 is 0 Å². The zero-order valence-electron chi connectivity index (χ0n) is 9.52. The first-order valence-electron chi connectivity index (χ1n) is 5.70. The highest BCUT2D eigenvalue weighted by molar-refractivity contribution is 5.84. The van der Waals surface area contributed by atoms with Crippen LogP contribution in [0.1, 0.15) is 18.4 Å². The van der Waals surface area contributed by atoms with Crippen LogP contribution in [-0.4, -0.2) is 18.4 Å². The molecule has 0 unspecified atom stereocenters. The Labute approximate surface area is 100.0 Å². The number of alkyl carbamates (subject to hydrolysis) is 1. The molecule has 0 heterocycles. The second kappa shape index (κ2) is 5.48. The van der Waals surface area contributed by atoms with Gasteiger partial charge < -0.3 is 10.1 Å². The molecule has 17 heavy (non-hydrogen) atoms. The van der Waals surface area contributed by atoms with E-state index in [0.717, 1.165) is 5.56 Å². The molecule has 0 aliphatic heterocycles. The van der Waals surface area contributed by atoms with Crippen molar-refractivity contribution in [1.29, 1.82) is 0 Å². The maximum Gasteiger partial charge on any atom is 0.407 e. The third-order valence-corrected chi connectivity index (χ3v) is 2.78. The summed E-state index contributed by atoms with van der Waals surface area (Å²) in [4.78, 5) is 22.0. The number of hydrogen-bond acceptors (Lipinski definition) is 3. The number of benzene rings is 1. The van der Waals surface area contributed by atoms with Gasteiger partial charge in [-0.05, 0) is 11.5 Å². The van der Waals surface area contributed by atoms with Crippen LogP contribution in [0.5, 0.6) is 0 Å². The van der Waals surface area contributed by atoms with Crippen molar-refractivity contribution < 1.29 is 14.3 Å². The summed E-state index contributed by atoms with van der Waals surface area (Å²) in [6.07, 6.45) is 0.742. The van der Waals surface area contributed by atoms with Crippen molar-refractivity contribution in [3.63, 3.8) is 0 Å². The molecule has 1 N–H and O–H groups in total. The quantitative estimate of drug-likeness (QED) is 0.864. The molecule has 90 valence electrons. The molecule has 1 saturated carbocycles. The van der Waals surface area contributed by atoms with Crippen molar-refractivity contribution in [1.82, 2.24) is 5.32 Å². The molecule has 0 atom stereocenters. The number of carbonyl (C=O) groups is 2. The first-order chi connectivity index (χ1) is 8.24. The Kier molecular flexibility index (Phi) is 3.75. The molecule has 0 saturated heterocycles. The molecule has 2 rings (SSSR count). The summed E-state index contributed by atoms with van der Waals surface area (Å²) in [5.41, 5.74) is 0.960. The summed E-state index contributed by atoms with van der Waals surface area (Å²) in [5, 5.41) is 2.66. The van der Waals surface area contributed by atoms with Crippen LogP contribution in [0.2, 0.25) is 0 Å². The van der Waals surface area contributed by atoms with E-state index in [4.69, 9.17) is 4.74 Å². The van der Waals surface area contributed by atoms with E-state index in [-0.39, 0.29) is 12.4 Å². The molecule has 4 heteroatoms. The fourth-order valence-electron chi connectivity index (χ4n) is 1.73. The number of amides is 1. The lowest BCUT2D eigenvalue weighted by Gasteiger charge is -2.23. The minimum absolute atomic E-state index is 0.273. The Morgan fingerprint density at radius 1 is 1.29 bits per heavy atom. The van der Waals surface area contributed by atoms with E-state index in [1.54, 1.807) is 0 Å². The summed E-state index contributed by atoms with van der Waals surface area (Å²) in [7, 11) is 0. The van der Waals surface area contributed by atoms with E-state index < -0.39 is 6.09 Å². The van der Waals surface area contributed by atoms with Gasteiger partial charge in [-0.1, -0.05) is 30.3 Å². The number of Topliss-reactive ketones (excluding diaryl/α,β-unsaturated/α-hetero) is 1. The fourth-order valence-corrected chi connectivity index (χ4v) is 1.73. The SMILES string of the molecule is O=C1CC(CNC(=O)OCc2ccccc2)C1. The van der Waals surface area contributed by atoms with E-state index in [2.05, 4.69) is 5.32 Å². The average molecular weight is 233 g/mol. The average Bonchev–Trinajstić information content (AvgIpc) is 2.32. The summed E-state index contributed by atoms with van der Waals surface area (Å²) in [5.74, 6) is 0.571. The Morgan fingerprint density at radius 2 is 2.00 bits per heavy atom. The highest BCUT2D eigenvalue weighted by Gasteiger charge is 2.26. The number of carbonyl (C=O) groups excluding carboxylic acids is 2. The zero-order chi connectivity index (χ0) is 12.1. The minimum atomic E-state index is -0.423. The van der Waals surface area contributed by atoms with Crippen LogP contribution in [0.3, 0.4) is 0 Å². The van der Waals surface area contributed by atoms with Gasteiger partial charge >= 0.3 is 6.09 Å². The van der Waals surface area contributed by atoms with Gasteiger partial charge in [0.25, 0.3) is 0 Å². The molecule has 0 radical (unpaired) electrons. The summed E-state index contributed by atoms with van der Waals surface area (Å²) in [6, 6.07) is 9.51. The second-order valence-electron chi connectivity index (χ2n) is 4.26. The van der Waals surface area contributed by atoms with E-state index in [0.29, 0.717) is 25.3 Å². The molecule has 1 fully saturated rings. The van der Waals surface area contributed by atoms with Crippen LogP contribution in [0.25, 0.3) is 0 Å². The predicted molar refractivity (Wildman–Crippen MR) is 62.4 cm³/mol. The molecule has 1 aliphatic carbocycles. The van der Waals surface area contributed by atoms with Crippen molar-refractivity contribution in [3.8, 4) is 0 Å². The van der Waals surface area contributed by atoms with Gasteiger partial charge in [-0.3, -0.25) is 4.79 Å². The molecule has 1 aliphatic rings. The lowest BCUT2D eigenvalue weighted by atomic mass is 9.84. The number of nitrogens with one attached hydrogen (secondary N) is 1.